The average molecular weight is 256 g/mol. The molecule has 0 aromatic heterocycles. The Balaban J connectivity index is 1.99. The Kier molecular flexibility index (Phi) is 7.87. The summed E-state index contributed by atoms with van der Waals surface area (Å²) in [5, 5.41) is 3.41. The minimum atomic E-state index is 0.566. The van der Waals surface area contributed by atoms with Gasteiger partial charge in [0.05, 0.1) is 6.61 Å². The second kappa shape index (κ2) is 8.89. The van der Waals surface area contributed by atoms with Crippen molar-refractivity contribution in [2.45, 2.75) is 46.0 Å². The number of hydrogen-bond acceptors (Lipinski definition) is 3. The fraction of sp³-hybridized carbons (Fsp3) is 1.00. The molecule has 0 aromatic carbocycles. The highest BCUT2D eigenvalue weighted by Crippen LogP contribution is 2.29. The molecule has 0 bridgehead atoms. The van der Waals surface area contributed by atoms with Gasteiger partial charge in [-0.1, -0.05) is 13.8 Å². The number of likely N-dealkylation sites (tertiary alicyclic amines) is 1. The first-order valence-corrected chi connectivity index (χ1v) is 7.56. The van der Waals surface area contributed by atoms with Gasteiger partial charge in [-0.25, -0.2) is 0 Å². The number of ether oxygens (including phenoxy) is 1. The zero-order valence-corrected chi connectivity index (χ0v) is 12.6. The molecule has 3 nitrogen and oxygen atoms in total. The molecule has 108 valence electrons. The van der Waals surface area contributed by atoms with Crippen molar-refractivity contribution < 1.29 is 4.74 Å². The van der Waals surface area contributed by atoms with Crippen LogP contribution in [0.15, 0.2) is 0 Å². The molecule has 0 amide bonds. The summed E-state index contributed by atoms with van der Waals surface area (Å²) < 4.78 is 5.01. The van der Waals surface area contributed by atoms with Crippen molar-refractivity contribution in [3.63, 3.8) is 0 Å². The van der Waals surface area contributed by atoms with E-state index in [4.69, 9.17) is 4.74 Å². The van der Waals surface area contributed by atoms with E-state index in [1.165, 1.54) is 51.7 Å². The first kappa shape index (κ1) is 15.9. The van der Waals surface area contributed by atoms with Crippen molar-refractivity contribution in [1.82, 2.24) is 10.2 Å². The van der Waals surface area contributed by atoms with Gasteiger partial charge in [0.25, 0.3) is 0 Å². The molecule has 0 aliphatic carbocycles. The van der Waals surface area contributed by atoms with E-state index in [0.717, 1.165) is 19.7 Å². The number of methoxy groups -OCH3 is 1. The summed E-state index contributed by atoms with van der Waals surface area (Å²) in [5.41, 5.74) is 0.566. The third-order valence-electron chi connectivity index (χ3n) is 3.99. The Labute approximate surface area is 113 Å². The van der Waals surface area contributed by atoms with Crippen molar-refractivity contribution >= 4 is 0 Å². The van der Waals surface area contributed by atoms with Gasteiger partial charge in [0, 0.05) is 13.7 Å². The molecule has 0 spiro atoms. The van der Waals surface area contributed by atoms with Crippen molar-refractivity contribution in [3.8, 4) is 0 Å². The highest BCUT2D eigenvalue weighted by molar-refractivity contribution is 4.76. The molecule has 1 rings (SSSR count). The monoisotopic (exact) mass is 256 g/mol. The van der Waals surface area contributed by atoms with Gasteiger partial charge in [-0.3, -0.25) is 0 Å². The second-order valence-electron chi connectivity index (χ2n) is 6.31. The van der Waals surface area contributed by atoms with E-state index < -0.39 is 0 Å². The number of rotatable bonds is 8. The van der Waals surface area contributed by atoms with Crippen molar-refractivity contribution in [2.75, 3.05) is 46.4 Å². The summed E-state index contributed by atoms with van der Waals surface area (Å²) in [5.74, 6) is 0. The Morgan fingerprint density at radius 2 is 1.94 bits per heavy atom. The van der Waals surface area contributed by atoms with Crippen LogP contribution in [0.2, 0.25) is 0 Å². The normalized spacial score (nSPS) is 20.8. The van der Waals surface area contributed by atoms with Crippen LogP contribution in [-0.4, -0.2) is 51.3 Å². The van der Waals surface area contributed by atoms with Crippen LogP contribution in [0.1, 0.15) is 46.0 Å². The molecule has 0 radical (unpaired) electrons. The summed E-state index contributed by atoms with van der Waals surface area (Å²) >= 11 is 0. The minimum absolute atomic E-state index is 0.566. The first-order valence-electron chi connectivity index (χ1n) is 7.56. The average Bonchev–Trinajstić information content (AvgIpc) is 2.50. The molecule has 0 saturated carbocycles. The van der Waals surface area contributed by atoms with Gasteiger partial charge in [-0.15, -0.1) is 0 Å². The maximum atomic E-state index is 5.01. The Hall–Kier alpha value is -0.120. The molecule has 1 aliphatic heterocycles. The van der Waals surface area contributed by atoms with Gasteiger partial charge < -0.3 is 15.0 Å². The molecular weight excluding hydrogens is 224 g/mol. The van der Waals surface area contributed by atoms with Gasteiger partial charge in [-0.05, 0) is 63.7 Å². The van der Waals surface area contributed by atoms with Gasteiger partial charge in [0.15, 0.2) is 0 Å². The highest BCUT2D eigenvalue weighted by atomic mass is 16.5. The number of unbranched alkanes of at least 4 members (excludes halogenated alkanes) is 1. The Morgan fingerprint density at radius 1 is 1.11 bits per heavy atom. The van der Waals surface area contributed by atoms with Crippen LogP contribution in [-0.2, 0) is 4.74 Å². The van der Waals surface area contributed by atoms with Gasteiger partial charge in [0.1, 0.15) is 0 Å². The molecule has 1 N–H and O–H groups in total. The summed E-state index contributed by atoms with van der Waals surface area (Å²) in [7, 11) is 1.75. The van der Waals surface area contributed by atoms with E-state index in [9.17, 15) is 0 Å². The quantitative estimate of drug-likeness (QED) is 0.675. The van der Waals surface area contributed by atoms with E-state index >= 15 is 0 Å². The molecule has 0 aromatic rings. The van der Waals surface area contributed by atoms with Crippen molar-refractivity contribution in [2.24, 2.45) is 5.41 Å². The van der Waals surface area contributed by atoms with Crippen LogP contribution in [0, 0.1) is 5.41 Å². The Morgan fingerprint density at radius 3 is 2.72 bits per heavy atom. The van der Waals surface area contributed by atoms with Crippen LogP contribution in [0.3, 0.4) is 0 Å². The lowest BCUT2D eigenvalue weighted by atomic mass is 9.85. The van der Waals surface area contributed by atoms with E-state index in [0.29, 0.717) is 5.41 Å². The standard InChI is InChI=1S/C15H32N2O/c1-15(2)7-6-12-17(13-8-15)11-5-4-9-16-10-14-18-3/h16H,4-14H2,1-3H3. The fourth-order valence-electron chi connectivity index (χ4n) is 2.59. The lowest BCUT2D eigenvalue weighted by molar-refractivity contribution is 0.199. The zero-order valence-electron chi connectivity index (χ0n) is 12.6. The topological polar surface area (TPSA) is 24.5 Å². The Bertz CT molecular complexity index is 207. The molecule has 3 heteroatoms. The van der Waals surface area contributed by atoms with E-state index in [1.54, 1.807) is 7.11 Å². The van der Waals surface area contributed by atoms with Crippen LogP contribution in [0.5, 0.6) is 0 Å². The molecule has 0 atom stereocenters. The number of hydrogen-bond donors (Lipinski definition) is 1. The van der Waals surface area contributed by atoms with Gasteiger partial charge in [0.2, 0.25) is 0 Å². The van der Waals surface area contributed by atoms with E-state index in [-0.39, 0.29) is 0 Å². The third kappa shape index (κ3) is 7.34. The van der Waals surface area contributed by atoms with Crippen LogP contribution >= 0.6 is 0 Å². The molecule has 1 heterocycles. The van der Waals surface area contributed by atoms with Crippen molar-refractivity contribution in [1.29, 1.82) is 0 Å². The lowest BCUT2D eigenvalue weighted by Gasteiger charge is -2.23. The zero-order chi connectivity index (χ0) is 13.3. The molecule has 1 aliphatic rings. The lowest BCUT2D eigenvalue weighted by Crippen LogP contribution is -2.27. The third-order valence-corrected chi connectivity index (χ3v) is 3.99. The van der Waals surface area contributed by atoms with Crippen LogP contribution in [0.4, 0.5) is 0 Å². The predicted molar refractivity (Wildman–Crippen MR) is 78.1 cm³/mol. The maximum Gasteiger partial charge on any atom is 0.0587 e. The highest BCUT2D eigenvalue weighted by Gasteiger charge is 2.22. The summed E-state index contributed by atoms with van der Waals surface area (Å²) in [4.78, 5) is 2.66. The second-order valence-corrected chi connectivity index (χ2v) is 6.31. The van der Waals surface area contributed by atoms with Crippen LogP contribution in [0.25, 0.3) is 0 Å². The first-order chi connectivity index (χ1) is 8.64. The van der Waals surface area contributed by atoms with Gasteiger partial charge >= 0.3 is 0 Å². The van der Waals surface area contributed by atoms with Crippen LogP contribution < -0.4 is 5.32 Å². The number of nitrogens with one attached hydrogen (secondary N) is 1. The molecule has 18 heavy (non-hydrogen) atoms. The molecular formula is C15H32N2O. The smallest absolute Gasteiger partial charge is 0.0587 e. The predicted octanol–water partition coefficient (Wildman–Crippen LogP) is 2.51. The molecule has 1 saturated heterocycles. The summed E-state index contributed by atoms with van der Waals surface area (Å²) in [6.45, 7) is 11.6. The van der Waals surface area contributed by atoms with Crippen molar-refractivity contribution in [3.05, 3.63) is 0 Å². The van der Waals surface area contributed by atoms with E-state index in [1.807, 2.05) is 0 Å². The maximum absolute atomic E-state index is 5.01. The van der Waals surface area contributed by atoms with Gasteiger partial charge in [-0.2, -0.15) is 0 Å². The molecule has 1 fully saturated rings. The number of nitrogens with zero attached hydrogens (tertiary/aromatic N) is 1. The minimum Gasteiger partial charge on any atom is -0.383 e. The summed E-state index contributed by atoms with van der Waals surface area (Å²) in [6.07, 6.45) is 6.73. The summed E-state index contributed by atoms with van der Waals surface area (Å²) in [6, 6.07) is 0. The molecule has 0 unspecified atom stereocenters. The SMILES string of the molecule is COCCNCCCCN1CCCC(C)(C)CC1. The van der Waals surface area contributed by atoms with E-state index in [2.05, 4.69) is 24.1 Å². The largest absolute Gasteiger partial charge is 0.383 e. The fourth-order valence-corrected chi connectivity index (χ4v) is 2.59.